The van der Waals surface area contributed by atoms with Crippen molar-refractivity contribution in [2.75, 3.05) is 39.6 Å². The third-order valence-corrected chi connectivity index (χ3v) is 8.64. The van der Waals surface area contributed by atoms with Gasteiger partial charge in [0.05, 0.1) is 62.4 Å². The zero-order valence-electron chi connectivity index (χ0n) is 33.5. The molecule has 0 aliphatic carbocycles. The number of aromatic nitrogens is 4. The van der Waals surface area contributed by atoms with Crippen LogP contribution in [0.4, 0.5) is 0 Å². The predicted octanol–water partition coefficient (Wildman–Crippen LogP) is 10.6. The van der Waals surface area contributed by atoms with Crippen LogP contribution in [0.25, 0.3) is 45.0 Å². The van der Waals surface area contributed by atoms with Gasteiger partial charge in [-0.15, -0.1) is 0 Å². The van der Waals surface area contributed by atoms with Gasteiger partial charge in [-0.05, 0) is 99.2 Å². The van der Waals surface area contributed by atoms with Crippen LogP contribution in [-0.4, -0.2) is 59.2 Å². The Morgan fingerprint density at radius 1 is 0.389 bits per heavy atom. The molecule has 0 radical (unpaired) electrons. The Morgan fingerprint density at radius 3 is 1.07 bits per heavy atom. The van der Waals surface area contributed by atoms with Crippen LogP contribution in [0.2, 0.25) is 0 Å². The molecule has 5 rings (SSSR count). The normalized spacial score (nSPS) is 11.1. The van der Waals surface area contributed by atoms with E-state index in [1.807, 2.05) is 59.9 Å². The third kappa shape index (κ3) is 9.70. The maximum atomic E-state index is 6.51. The summed E-state index contributed by atoms with van der Waals surface area (Å²) in [6.45, 7) is 16.2. The molecule has 5 aromatic rings. The maximum absolute atomic E-state index is 6.51. The summed E-state index contributed by atoms with van der Waals surface area (Å²) in [6, 6.07) is 20.2. The van der Waals surface area contributed by atoms with Crippen molar-refractivity contribution in [2.45, 2.75) is 80.1 Å². The highest BCUT2D eigenvalue weighted by Gasteiger charge is 2.23. The van der Waals surface area contributed by atoms with E-state index in [1.165, 1.54) is 0 Å². The molecule has 290 valence electrons. The number of hydrogen-bond donors (Lipinski definition) is 0. The van der Waals surface area contributed by atoms with Crippen LogP contribution < -0.4 is 28.4 Å². The second-order valence-electron chi connectivity index (χ2n) is 13.3. The second-order valence-corrected chi connectivity index (χ2v) is 13.3. The lowest BCUT2D eigenvalue weighted by atomic mass is 10.0. The first-order valence-electron chi connectivity index (χ1n) is 19.7. The zero-order valence-corrected chi connectivity index (χ0v) is 33.5. The monoisotopic (exact) mass is 738 g/mol. The highest BCUT2D eigenvalue weighted by molar-refractivity contribution is 5.83. The molecule has 10 heteroatoms. The molecule has 0 spiro atoms. The maximum Gasteiger partial charge on any atom is 0.129 e. The van der Waals surface area contributed by atoms with Gasteiger partial charge in [0, 0.05) is 36.3 Å². The molecule has 0 aliphatic heterocycles. The number of hydrogen-bond acceptors (Lipinski definition) is 8. The van der Waals surface area contributed by atoms with E-state index in [2.05, 4.69) is 65.8 Å². The molecule has 0 unspecified atom stereocenters. The molecule has 0 amide bonds. The van der Waals surface area contributed by atoms with Crippen molar-refractivity contribution in [3.8, 4) is 79.5 Å². The first kappa shape index (κ1) is 40.1. The Labute approximate surface area is 321 Å². The van der Waals surface area contributed by atoms with Crippen molar-refractivity contribution < 1.29 is 28.4 Å². The van der Waals surface area contributed by atoms with E-state index < -0.39 is 0 Å². The molecular weight excluding hydrogens is 681 g/mol. The van der Waals surface area contributed by atoms with Crippen LogP contribution in [0.15, 0.2) is 60.7 Å². The molecular formula is C44H58N4O6. The SMILES string of the molecule is CCCOc1ccc(OCCC)c(-c2cc(-c3cc(OCCC)c(-c4cc(-c5cc(OCCC)ccc5OCCC)nn4C)cc3OCCC)n(C)n2)c1. The lowest BCUT2D eigenvalue weighted by molar-refractivity contribution is 0.309. The lowest BCUT2D eigenvalue weighted by Crippen LogP contribution is -2.04. The van der Waals surface area contributed by atoms with Gasteiger partial charge < -0.3 is 28.4 Å². The highest BCUT2D eigenvalue weighted by atomic mass is 16.5. The molecule has 0 fully saturated rings. The summed E-state index contributed by atoms with van der Waals surface area (Å²) in [5, 5.41) is 9.99. The molecule has 0 atom stereocenters. The van der Waals surface area contributed by atoms with E-state index in [0.717, 1.165) is 118 Å². The molecule has 0 aliphatic rings. The molecule has 3 aromatic carbocycles. The fourth-order valence-electron chi connectivity index (χ4n) is 6.04. The molecule has 2 heterocycles. The van der Waals surface area contributed by atoms with E-state index in [9.17, 15) is 0 Å². The Kier molecular flexibility index (Phi) is 14.7. The topological polar surface area (TPSA) is 91.0 Å². The van der Waals surface area contributed by atoms with Gasteiger partial charge in [-0.3, -0.25) is 9.36 Å². The average Bonchev–Trinajstić information content (AvgIpc) is 3.77. The van der Waals surface area contributed by atoms with Crippen LogP contribution in [0.5, 0.6) is 34.5 Å². The van der Waals surface area contributed by atoms with Gasteiger partial charge in [0.25, 0.3) is 0 Å². The van der Waals surface area contributed by atoms with Gasteiger partial charge in [0.1, 0.15) is 34.5 Å². The van der Waals surface area contributed by atoms with E-state index >= 15 is 0 Å². The first-order chi connectivity index (χ1) is 26.3. The Morgan fingerprint density at radius 2 is 0.722 bits per heavy atom. The molecule has 0 bridgehead atoms. The van der Waals surface area contributed by atoms with Crippen LogP contribution in [-0.2, 0) is 14.1 Å². The number of benzene rings is 3. The number of nitrogens with zero attached hydrogens (tertiary/aromatic N) is 4. The first-order valence-corrected chi connectivity index (χ1v) is 19.7. The largest absolute Gasteiger partial charge is 0.494 e. The summed E-state index contributed by atoms with van der Waals surface area (Å²) < 4.78 is 41.2. The molecule has 54 heavy (non-hydrogen) atoms. The standard InChI is InChI=1S/C44H58N4O6/c1-9-19-49-31-15-17-41(51-21-11-3)33(25-31)37-29-39(47(7)45-37)35-27-44(54-24-14-6)36(28-43(35)53-23-13-5)40-30-38(46-48(40)8)34-26-32(50-20-10-2)16-18-42(34)52-22-12-4/h15-18,25-30H,9-14,19-24H2,1-8H3. The third-order valence-electron chi connectivity index (χ3n) is 8.64. The van der Waals surface area contributed by atoms with Crippen molar-refractivity contribution in [1.29, 1.82) is 0 Å². The van der Waals surface area contributed by atoms with Crippen molar-refractivity contribution >= 4 is 0 Å². The highest BCUT2D eigenvalue weighted by Crippen LogP contribution is 2.44. The van der Waals surface area contributed by atoms with Crippen molar-refractivity contribution in [3.05, 3.63) is 60.7 Å². The number of rotatable bonds is 22. The van der Waals surface area contributed by atoms with Crippen molar-refractivity contribution in [1.82, 2.24) is 19.6 Å². The summed E-state index contributed by atoms with van der Waals surface area (Å²) in [4.78, 5) is 0. The van der Waals surface area contributed by atoms with Crippen LogP contribution in [0.1, 0.15) is 80.1 Å². The Bertz CT molecular complexity index is 1810. The van der Waals surface area contributed by atoms with Crippen LogP contribution >= 0.6 is 0 Å². The second kappa shape index (κ2) is 19.8. The van der Waals surface area contributed by atoms with Gasteiger partial charge in [-0.1, -0.05) is 41.5 Å². The minimum absolute atomic E-state index is 0.553. The summed E-state index contributed by atoms with van der Waals surface area (Å²) in [7, 11) is 3.91. The van der Waals surface area contributed by atoms with E-state index in [0.29, 0.717) is 39.6 Å². The molecule has 0 N–H and O–H groups in total. The summed E-state index contributed by atoms with van der Waals surface area (Å²) in [5.41, 5.74) is 6.86. The predicted molar refractivity (Wildman–Crippen MR) is 216 cm³/mol. The van der Waals surface area contributed by atoms with Gasteiger partial charge >= 0.3 is 0 Å². The molecule has 10 nitrogen and oxygen atoms in total. The van der Waals surface area contributed by atoms with Gasteiger partial charge in [-0.25, -0.2) is 0 Å². The number of ether oxygens (including phenoxy) is 6. The van der Waals surface area contributed by atoms with E-state index in [4.69, 9.17) is 38.6 Å². The van der Waals surface area contributed by atoms with Crippen molar-refractivity contribution in [2.24, 2.45) is 14.1 Å². The zero-order chi connectivity index (χ0) is 38.5. The van der Waals surface area contributed by atoms with Crippen molar-refractivity contribution in [3.63, 3.8) is 0 Å². The quantitative estimate of drug-likeness (QED) is 0.0693. The molecule has 0 saturated heterocycles. The lowest BCUT2D eigenvalue weighted by Gasteiger charge is -2.18. The fraction of sp³-hybridized carbons (Fsp3) is 0.455. The Balaban J connectivity index is 1.63. The Hall–Kier alpha value is -5.12. The molecule has 0 saturated carbocycles. The smallest absolute Gasteiger partial charge is 0.129 e. The van der Waals surface area contributed by atoms with E-state index in [-0.39, 0.29) is 0 Å². The van der Waals surface area contributed by atoms with Crippen LogP contribution in [0, 0.1) is 0 Å². The minimum atomic E-state index is 0.553. The average molecular weight is 739 g/mol. The fourth-order valence-corrected chi connectivity index (χ4v) is 6.04. The van der Waals surface area contributed by atoms with Gasteiger partial charge in [-0.2, -0.15) is 10.2 Å². The summed E-state index contributed by atoms with van der Waals surface area (Å²) >= 11 is 0. The minimum Gasteiger partial charge on any atom is -0.494 e. The van der Waals surface area contributed by atoms with Crippen LogP contribution in [0.3, 0.4) is 0 Å². The van der Waals surface area contributed by atoms with E-state index in [1.54, 1.807) is 0 Å². The van der Waals surface area contributed by atoms with Gasteiger partial charge in [0.2, 0.25) is 0 Å². The summed E-state index contributed by atoms with van der Waals surface area (Å²) in [5.74, 6) is 4.58. The summed E-state index contributed by atoms with van der Waals surface area (Å²) in [6.07, 6.45) is 5.36. The molecule has 2 aromatic heterocycles. The number of aryl methyl sites for hydroxylation is 2. The van der Waals surface area contributed by atoms with Gasteiger partial charge in [0.15, 0.2) is 0 Å².